The van der Waals surface area contributed by atoms with E-state index in [4.69, 9.17) is 16.3 Å². The molecule has 0 spiro atoms. The zero-order chi connectivity index (χ0) is 30.8. The highest BCUT2D eigenvalue weighted by molar-refractivity contribution is 7.92. The minimum Gasteiger partial charge on any atom is -0.492 e. The van der Waals surface area contributed by atoms with Crippen molar-refractivity contribution in [3.05, 3.63) is 89.4 Å². The number of anilines is 1. The Morgan fingerprint density at radius 3 is 2.23 bits per heavy atom. The lowest BCUT2D eigenvalue weighted by molar-refractivity contribution is -0.140. The highest BCUT2D eigenvalue weighted by atomic mass is 35.5. The van der Waals surface area contributed by atoms with Gasteiger partial charge in [-0.15, -0.1) is 0 Å². The predicted octanol–water partition coefficient (Wildman–Crippen LogP) is 6.19. The number of halogens is 1. The smallest absolute Gasteiger partial charge is 0.264 e. The van der Waals surface area contributed by atoms with Gasteiger partial charge in [0.05, 0.1) is 17.2 Å². The Labute approximate surface area is 260 Å². The second-order valence-corrected chi connectivity index (χ2v) is 12.9. The molecule has 0 heterocycles. The first-order valence-corrected chi connectivity index (χ1v) is 16.7. The third kappa shape index (κ3) is 8.30. The van der Waals surface area contributed by atoms with Crippen LogP contribution in [0.25, 0.3) is 0 Å². The van der Waals surface area contributed by atoms with Gasteiger partial charge in [-0.2, -0.15) is 0 Å². The number of rotatable bonds is 13. The monoisotopic (exact) mass is 625 g/mol. The maximum Gasteiger partial charge on any atom is 0.264 e. The molecule has 0 radical (unpaired) electrons. The van der Waals surface area contributed by atoms with Gasteiger partial charge in [0, 0.05) is 17.6 Å². The fourth-order valence-electron chi connectivity index (χ4n) is 5.43. The van der Waals surface area contributed by atoms with Crippen LogP contribution in [0.2, 0.25) is 5.02 Å². The standard InChI is InChI=1S/C33H40ClN3O5S/c1-3-29(33(39)35-27-15-9-6-10-16-27)36(23-25-13-7-5-8-14-25)32(38)24-37(30-17-11-12-18-31(30)42-4-2)43(40,41)28-21-19-26(34)20-22-28/h5,7-8,11-14,17-22,27,29H,3-4,6,9-10,15-16,23-24H2,1-2H3,(H,35,39)/t29-/m0/s1. The molecular formula is C33H40ClN3O5S. The van der Waals surface area contributed by atoms with Crippen LogP contribution in [0.3, 0.4) is 0 Å². The van der Waals surface area contributed by atoms with Crippen LogP contribution in [0, 0.1) is 0 Å². The van der Waals surface area contributed by atoms with E-state index < -0.39 is 28.5 Å². The van der Waals surface area contributed by atoms with E-state index in [1.54, 1.807) is 31.2 Å². The van der Waals surface area contributed by atoms with Crippen molar-refractivity contribution in [1.82, 2.24) is 10.2 Å². The zero-order valence-electron chi connectivity index (χ0n) is 24.7. The summed E-state index contributed by atoms with van der Waals surface area (Å²) in [5.74, 6) is -0.397. The Morgan fingerprint density at radius 2 is 1.58 bits per heavy atom. The fourth-order valence-corrected chi connectivity index (χ4v) is 6.98. The van der Waals surface area contributed by atoms with Crippen LogP contribution in [0.4, 0.5) is 5.69 Å². The maximum atomic E-state index is 14.3. The highest BCUT2D eigenvalue weighted by Crippen LogP contribution is 2.33. The van der Waals surface area contributed by atoms with Gasteiger partial charge < -0.3 is 15.0 Å². The Balaban J connectivity index is 1.73. The number of nitrogens with one attached hydrogen (secondary N) is 1. The molecule has 4 rings (SSSR count). The number of hydrogen-bond donors (Lipinski definition) is 1. The summed E-state index contributed by atoms with van der Waals surface area (Å²) in [5, 5.41) is 3.56. The number of nitrogens with zero attached hydrogens (tertiary/aromatic N) is 2. The van der Waals surface area contributed by atoms with Crippen molar-refractivity contribution < 1.29 is 22.7 Å². The first-order chi connectivity index (χ1) is 20.7. The molecule has 0 aromatic heterocycles. The summed E-state index contributed by atoms with van der Waals surface area (Å²) >= 11 is 6.05. The van der Waals surface area contributed by atoms with Crippen LogP contribution in [0.15, 0.2) is 83.8 Å². The molecule has 1 N–H and O–H groups in total. The first kappa shape index (κ1) is 32.4. The number of amides is 2. The van der Waals surface area contributed by atoms with Crippen molar-refractivity contribution in [2.75, 3.05) is 17.5 Å². The quantitative estimate of drug-likeness (QED) is 0.244. The molecule has 1 saturated carbocycles. The topological polar surface area (TPSA) is 96.0 Å². The first-order valence-electron chi connectivity index (χ1n) is 14.9. The average molecular weight is 626 g/mol. The van der Waals surface area contributed by atoms with E-state index in [1.807, 2.05) is 37.3 Å². The van der Waals surface area contributed by atoms with Crippen LogP contribution in [-0.2, 0) is 26.2 Å². The highest BCUT2D eigenvalue weighted by Gasteiger charge is 2.35. The number of para-hydroxylation sites is 2. The second kappa shape index (κ2) is 15.3. The van der Waals surface area contributed by atoms with Gasteiger partial charge in [-0.3, -0.25) is 13.9 Å². The number of carbonyl (C=O) groups excluding carboxylic acids is 2. The SMILES string of the molecule is CCOc1ccccc1N(CC(=O)N(Cc1ccccc1)[C@@H](CC)C(=O)NC1CCCCC1)S(=O)(=O)c1ccc(Cl)cc1. The van der Waals surface area contributed by atoms with Crippen molar-refractivity contribution in [1.29, 1.82) is 0 Å². The number of benzene rings is 3. The van der Waals surface area contributed by atoms with Gasteiger partial charge >= 0.3 is 0 Å². The Morgan fingerprint density at radius 1 is 0.930 bits per heavy atom. The summed E-state index contributed by atoms with van der Waals surface area (Å²) in [7, 11) is -4.24. The van der Waals surface area contributed by atoms with Crippen LogP contribution < -0.4 is 14.4 Å². The maximum absolute atomic E-state index is 14.3. The minimum absolute atomic E-state index is 0.0207. The molecule has 1 fully saturated rings. The Hall–Kier alpha value is -3.56. The van der Waals surface area contributed by atoms with Crippen LogP contribution in [0.1, 0.15) is 57.9 Å². The van der Waals surface area contributed by atoms with E-state index in [9.17, 15) is 18.0 Å². The molecule has 0 saturated heterocycles. The van der Waals surface area contributed by atoms with E-state index in [-0.39, 0.29) is 29.1 Å². The Kier molecular flexibility index (Phi) is 11.5. The van der Waals surface area contributed by atoms with Gasteiger partial charge in [-0.05, 0) is 68.1 Å². The van der Waals surface area contributed by atoms with Gasteiger partial charge in [0.2, 0.25) is 11.8 Å². The van der Waals surface area contributed by atoms with E-state index in [0.29, 0.717) is 23.8 Å². The van der Waals surface area contributed by atoms with Gasteiger partial charge in [-0.25, -0.2) is 8.42 Å². The number of carbonyl (C=O) groups is 2. The van der Waals surface area contributed by atoms with E-state index in [1.165, 1.54) is 29.2 Å². The van der Waals surface area contributed by atoms with Crippen molar-refractivity contribution in [3.63, 3.8) is 0 Å². The summed E-state index contributed by atoms with van der Waals surface area (Å²) in [6.07, 6.45) is 5.47. The van der Waals surface area contributed by atoms with Crippen molar-refractivity contribution in [3.8, 4) is 5.75 Å². The molecular weight excluding hydrogens is 586 g/mol. The molecule has 0 aliphatic heterocycles. The molecule has 3 aromatic rings. The largest absolute Gasteiger partial charge is 0.492 e. The molecule has 3 aromatic carbocycles. The van der Waals surface area contributed by atoms with Gasteiger partial charge in [-0.1, -0.05) is 80.3 Å². The van der Waals surface area contributed by atoms with E-state index in [0.717, 1.165) is 42.0 Å². The van der Waals surface area contributed by atoms with Gasteiger partial charge in [0.25, 0.3) is 10.0 Å². The van der Waals surface area contributed by atoms with E-state index in [2.05, 4.69) is 5.32 Å². The lowest BCUT2D eigenvalue weighted by Gasteiger charge is -2.34. The van der Waals surface area contributed by atoms with Crippen molar-refractivity contribution >= 4 is 39.1 Å². The fraction of sp³-hybridized carbons (Fsp3) is 0.394. The second-order valence-electron chi connectivity index (χ2n) is 10.6. The lowest BCUT2D eigenvalue weighted by Crippen LogP contribution is -2.54. The number of ether oxygens (including phenoxy) is 1. The molecule has 43 heavy (non-hydrogen) atoms. The molecule has 230 valence electrons. The number of sulfonamides is 1. The third-order valence-electron chi connectivity index (χ3n) is 7.65. The summed E-state index contributed by atoms with van der Waals surface area (Å²) in [6.45, 7) is 3.59. The predicted molar refractivity (Wildman–Crippen MR) is 170 cm³/mol. The van der Waals surface area contributed by atoms with E-state index >= 15 is 0 Å². The summed E-state index contributed by atoms with van der Waals surface area (Å²) in [4.78, 5) is 29.4. The molecule has 1 aliphatic carbocycles. The molecule has 10 heteroatoms. The van der Waals surface area contributed by atoms with Crippen LogP contribution >= 0.6 is 11.6 Å². The van der Waals surface area contributed by atoms with Crippen molar-refractivity contribution in [2.45, 2.75) is 75.9 Å². The summed E-state index contributed by atoms with van der Waals surface area (Å²) < 4.78 is 35.1. The summed E-state index contributed by atoms with van der Waals surface area (Å²) in [5.41, 5.74) is 1.06. The van der Waals surface area contributed by atoms with Crippen LogP contribution in [0.5, 0.6) is 5.75 Å². The molecule has 8 nitrogen and oxygen atoms in total. The van der Waals surface area contributed by atoms with Gasteiger partial charge in [0.1, 0.15) is 18.3 Å². The molecule has 1 aliphatic rings. The molecule has 0 bridgehead atoms. The molecule has 0 unspecified atom stereocenters. The number of hydrogen-bond acceptors (Lipinski definition) is 5. The van der Waals surface area contributed by atoms with Gasteiger partial charge in [0.15, 0.2) is 0 Å². The normalized spacial score (nSPS) is 14.5. The van der Waals surface area contributed by atoms with Crippen molar-refractivity contribution in [2.24, 2.45) is 0 Å². The minimum atomic E-state index is -4.24. The molecule has 2 amide bonds. The molecule has 1 atom stereocenters. The average Bonchev–Trinajstić information content (AvgIpc) is 3.01. The zero-order valence-corrected chi connectivity index (χ0v) is 26.3. The lowest BCUT2D eigenvalue weighted by atomic mass is 9.95. The summed E-state index contributed by atoms with van der Waals surface area (Å²) in [6, 6.07) is 21.2. The van der Waals surface area contributed by atoms with Crippen LogP contribution in [-0.4, -0.2) is 50.4 Å². The Bertz CT molecular complexity index is 1460. The third-order valence-corrected chi connectivity index (χ3v) is 9.67.